The molecule has 1 saturated heterocycles. The molecule has 0 aromatic rings. The molecule has 2 aliphatic carbocycles. The zero-order valence-corrected chi connectivity index (χ0v) is 12.5. The summed E-state index contributed by atoms with van der Waals surface area (Å²) >= 11 is 1.93. The number of aliphatic imine (C=N–C) groups is 1. The average molecular weight is 266 g/mol. The molecule has 102 valence electrons. The highest BCUT2D eigenvalue weighted by molar-refractivity contribution is 8.13. The van der Waals surface area contributed by atoms with Crippen molar-refractivity contribution in [2.45, 2.75) is 52.0 Å². The molecule has 2 saturated carbocycles. The highest BCUT2D eigenvalue weighted by Crippen LogP contribution is 2.48. The van der Waals surface area contributed by atoms with Gasteiger partial charge in [-0.1, -0.05) is 32.0 Å². The Morgan fingerprint density at radius 1 is 1.28 bits per heavy atom. The molecule has 1 N–H and O–H groups in total. The van der Waals surface area contributed by atoms with Gasteiger partial charge < -0.3 is 5.32 Å². The molecule has 0 spiro atoms. The number of nitrogens with zero attached hydrogens (tertiary/aromatic N) is 1. The first-order valence-corrected chi connectivity index (χ1v) is 8.64. The van der Waals surface area contributed by atoms with E-state index >= 15 is 0 Å². The zero-order chi connectivity index (χ0) is 12.5. The number of fused-ring (bicyclic) bond motifs is 2. The summed E-state index contributed by atoms with van der Waals surface area (Å²) in [5.41, 5.74) is 0. The Balaban J connectivity index is 1.53. The third-order valence-electron chi connectivity index (χ3n) is 5.14. The lowest BCUT2D eigenvalue weighted by Crippen LogP contribution is -2.41. The van der Waals surface area contributed by atoms with Gasteiger partial charge in [-0.15, -0.1) is 0 Å². The Morgan fingerprint density at radius 2 is 2.17 bits per heavy atom. The van der Waals surface area contributed by atoms with Gasteiger partial charge >= 0.3 is 0 Å². The predicted octanol–water partition coefficient (Wildman–Crippen LogP) is 3.53. The fraction of sp³-hybridized carbons (Fsp3) is 0.933. The normalized spacial score (nSPS) is 41.6. The number of nitrogens with one attached hydrogen (secondary N) is 1. The largest absolute Gasteiger partial charge is 0.362 e. The van der Waals surface area contributed by atoms with Gasteiger partial charge in [0, 0.05) is 18.3 Å². The molecule has 3 rings (SSSR count). The second-order valence-corrected chi connectivity index (χ2v) is 7.80. The van der Waals surface area contributed by atoms with E-state index < -0.39 is 0 Å². The number of hydrogen-bond acceptors (Lipinski definition) is 2. The van der Waals surface area contributed by atoms with Crippen molar-refractivity contribution in [3.63, 3.8) is 0 Å². The van der Waals surface area contributed by atoms with Gasteiger partial charge in [0.25, 0.3) is 0 Å². The Kier molecular flexibility index (Phi) is 3.88. The van der Waals surface area contributed by atoms with Crippen molar-refractivity contribution >= 4 is 16.9 Å². The molecule has 2 nitrogen and oxygen atoms in total. The minimum absolute atomic E-state index is 0.644. The fourth-order valence-electron chi connectivity index (χ4n) is 3.95. The molecule has 3 heteroatoms. The molecular weight excluding hydrogens is 240 g/mol. The van der Waals surface area contributed by atoms with E-state index in [1.807, 2.05) is 11.8 Å². The summed E-state index contributed by atoms with van der Waals surface area (Å²) in [4.78, 5) is 4.89. The summed E-state index contributed by atoms with van der Waals surface area (Å²) in [5, 5.41) is 4.86. The summed E-state index contributed by atoms with van der Waals surface area (Å²) in [6.45, 7) is 5.70. The minimum atomic E-state index is 0.644. The molecule has 1 heterocycles. The van der Waals surface area contributed by atoms with Gasteiger partial charge in [-0.25, -0.2) is 0 Å². The first kappa shape index (κ1) is 12.8. The Morgan fingerprint density at radius 3 is 2.83 bits per heavy atom. The van der Waals surface area contributed by atoms with Crippen molar-refractivity contribution in [3.8, 4) is 0 Å². The van der Waals surface area contributed by atoms with Gasteiger partial charge in [-0.3, -0.25) is 4.99 Å². The topological polar surface area (TPSA) is 24.4 Å². The van der Waals surface area contributed by atoms with Gasteiger partial charge in [-0.2, -0.15) is 0 Å². The molecule has 4 atom stereocenters. The van der Waals surface area contributed by atoms with Crippen molar-refractivity contribution in [2.75, 3.05) is 12.3 Å². The minimum Gasteiger partial charge on any atom is -0.362 e. The lowest BCUT2D eigenvalue weighted by molar-refractivity contribution is 0.341. The van der Waals surface area contributed by atoms with E-state index in [1.165, 1.54) is 43.0 Å². The van der Waals surface area contributed by atoms with Crippen LogP contribution in [0.1, 0.15) is 46.0 Å². The van der Waals surface area contributed by atoms with Crippen LogP contribution in [-0.2, 0) is 0 Å². The van der Waals surface area contributed by atoms with Crippen LogP contribution < -0.4 is 5.32 Å². The van der Waals surface area contributed by atoms with Crippen LogP contribution in [-0.4, -0.2) is 23.5 Å². The molecule has 2 bridgehead atoms. The first-order chi connectivity index (χ1) is 8.72. The van der Waals surface area contributed by atoms with Crippen molar-refractivity contribution in [1.29, 1.82) is 0 Å². The third kappa shape index (κ3) is 2.71. The maximum Gasteiger partial charge on any atom is 0.156 e. The Labute approximate surface area is 115 Å². The van der Waals surface area contributed by atoms with Crippen LogP contribution in [0, 0.1) is 23.7 Å². The Hall–Kier alpha value is -0.180. The maximum atomic E-state index is 4.89. The standard InChI is InChI=1S/C15H26N2S/c1-10(2)14-5-6-18-15(17-14)16-9-13-8-11-3-4-12(13)7-11/h10-14H,3-9H2,1-2H3,(H,16,17). The fourth-order valence-corrected chi connectivity index (χ4v) is 4.91. The van der Waals surface area contributed by atoms with Crippen molar-refractivity contribution in [1.82, 2.24) is 5.32 Å². The highest BCUT2D eigenvalue weighted by Gasteiger charge is 2.39. The van der Waals surface area contributed by atoms with Crippen LogP contribution in [0.3, 0.4) is 0 Å². The Bertz CT molecular complexity index is 326. The van der Waals surface area contributed by atoms with Crippen molar-refractivity contribution in [3.05, 3.63) is 0 Å². The summed E-state index contributed by atoms with van der Waals surface area (Å²) in [6.07, 6.45) is 7.23. The predicted molar refractivity (Wildman–Crippen MR) is 80.1 cm³/mol. The molecule has 0 aromatic heterocycles. The van der Waals surface area contributed by atoms with Gasteiger partial charge in [-0.05, 0) is 49.4 Å². The number of amidine groups is 1. The highest BCUT2D eigenvalue weighted by atomic mass is 32.2. The third-order valence-corrected chi connectivity index (χ3v) is 6.10. The zero-order valence-electron chi connectivity index (χ0n) is 11.7. The van der Waals surface area contributed by atoms with Crippen LogP contribution in [0.25, 0.3) is 0 Å². The summed E-state index contributed by atoms with van der Waals surface area (Å²) in [7, 11) is 0. The quantitative estimate of drug-likeness (QED) is 0.845. The molecule has 1 aliphatic heterocycles. The number of hydrogen-bond donors (Lipinski definition) is 1. The van der Waals surface area contributed by atoms with Crippen LogP contribution in [0.15, 0.2) is 4.99 Å². The molecule has 3 aliphatic rings. The van der Waals surface area contributed by atoms with E-state index in [4.69, 9.17) is 4.99 Å². The monoisotopic (exact) mass is 266 g/mol. The lowest BCUT2D eigenvalue weighted by atomic mass is 9.89. The van der Waals surface area contributed by atoms with E-state index in [-0.39, 0.29) is 0 Å². The van der Waals surface area contributed by atoms with Crippen molar-refractivity contribution < 1.29 is 0 Å². The average Bonchev–Trinajstić information content (AvgIpc) is 2.99. The number of rotatable bonds is 3. The molecule has 3 fully saturated rings. The number of thioether (sulfide) groups is 1. The van der Waals surface area contributed by atoms with Crippen molar-refractivity contribution in [2.24, 2.45) is 28.7 Å². The van der Waals surface area contributed by atoms with E-state index in [0.29, 0.717) is 6.04 Å². The molecule has 0 aromatic carbocycles. The van der Waals surface area contributed by atoms with Gasteiger partial charge in [0.15, 0.2) is 5.17 Å². The second-order valence-electron chi connectivity index (χ2n) is 6.71. The van der Waals surface area contributed by atoms with Gasteiger partial charge in [0.2, 0.25) is 0 Å². The summed E-state index contributed by atoms with van der Waals surface area (Å²) < 4.78 is 0. The van der Waals surface area contributed by atoms with Crippen LogP contribution in [0.2, 0.25) is 0 Å². The summed E-state index contributed by atoms with van der Waals surface area (Å²) in [5.74, 6) is 4.92. The maximum absolute atomic E-state index is 4.89. The van der Waals surface area contributed by atoms with E-state index in [1.54, 1.807) is 0 Å². The van der Waals surface area contributed by atoms with E-state index in [2.05, 4.69) is 19.2 Å². The van der Waals surface area contributed by atoms with Gasteiger partial charge in [0.05, 0.1) is 0 Å². The molecule has 0 radical (unpaired) electrons. The molecule has 4 unspecified atom stereocenters. The van der Waals surface area contributed by atoms with Crippen LogP contribution in [0.5, 0.6) is 0 Å². The van der Waals surface area contributed by atoms with Gasteiger partial charge in [0.1, 0.15) is 0 Å². The van der Waals surface area contributed by atoms with Crippen LogP contribution >= 0.6 is 11.8 Å². The molecular formula is C15H26N2S. The lowest BCUT2D eigenvalue weighted by Gasteiger charge is -2.29. The van der Waals surface area contributed by atoms with Crippen LogP contribution in [0.4, 0.5) is 0 Å². The first-order valence-electron chi connectivity index (χ1n) is 7.66. The molecule has 18 heavy (non-hydrogen) atoms. The smallest absolute Gasteiger partial charge is 0.156 e. The molecule has 0 amide bonds. The van der Waals surface area contributed by atoms with E-state index in [9.17, 15) is 0 Å². The van der Waals surface area contributed by atoms with E-state index in [0.717, 1.165) is 30.2 Å². The summed E-state index contributed by atoms with van der Waals surface area (Å²) in [6, 6.07) is 0.644. The SMILES string of the molecule is CC(C)C1CCSC(=NCC2CC3CCC2C3)N1. The second kappa shape index (κ2) is 5.44.